The second kappa shape index (κ2) is 5.12. The van der Waals surface area contributed by atoms with Crippen molar-refractivity contribution in [2.24, 2.45) is 4.99 Å². The molecular weight excluding hydrogens is 234 g/mol. The summed E-state index contributed by atoms with van der Waals surface area (Å²) in [5, 5.41) is 8.41. The standard InChI is InChI=1S/C12H19N3OS/c1-4-12(5-2)8-17-11(14-12)13-7-10-6-9(3)15-16-10/h6H,4-5,7-8H2,1-3H3,(H,13,14). The minimum absolute atomic E-state index is 0.237. The minimum atomic E-state index is 0.237. The van der Waals surface area contributed by atoms with Crippen molar-refractivity contribution in [1.82, 2.24) is 10.5 Å². The molecule has 1 aliphatic heterocycles. The highest BCUT2D eigenvalue weighted by Gasteiger charge is 2.33. The number of hydrogen-bond donors (Lipinski definition) is 1. The summed E-state index contributed by atoms with van der Waals surface area (Å²) in [6.07, 6.45) is 2.27. The number of rotatable bonds is 4. The van der Waals surface area contributed by atoms with Gasteiger partial charge < -0.3 is 9.84 Å². The third-order valence-electron chi connectivity index (χ3n) is 3.27. The summed E-state index contributed by atoms with van der Waals surface area (Å²) in [4.78, 5) is 4.53. The van der Waals surface area contributed by atoms with Crippen LogP contribution in [0.5, 0.6) is 0 Å². The van der Waals surface area contributed by atoms with Crippen molar-refractivity contribution in [1.29, 1.82) is 0 Å². The summed E-state index contributed by atoms with van der Waals surface area (Å²) in [7, 11) is 0. The molecule has 1 aromatic rings. The Balaban J connectivity index is 1.96. The van der Waals surface area contributed by atoms with Gasteiger partial charge in [0, 0.05) is 17.4 Å². The van der Waals surface area contributed by atoms with Gasteiger partial charge in [0.2, 0.25) is 0 Å². The van der Waals surface area contributed by atoms with Gasteiger partial charge in [0.25, 0.3) is 0 Å². The van der Waals surface area contributed by atoms with E-state index in [4.69, 9.17) is 4.52 Å². The fraction of sp³-hybridized carbons (Fsp3) is 0.667. The molecule has 0 aliphatic carbocycles. The van der Waals surface area contributed by atoms with E-state index in [2.05, 4.69) is 29.3 Å². The molecule has 0 aromatic carbocycles. The first-order valence-corrected chi connectivity index (χ1v) is 7.03. The Kier molecular flexibility index (Phi) is 3.76. The van der Waals surface area contributed by atoms with E-state index < -0.39 is 0 Å². The Labute approximate surface area is 106 Å². The zero-order chi connectivity index (χ0) is 12.3. The first-order valence-electron chi connectivity index (χ1n) is 6.05. The van der Waals surface area contributed by atoms with Crippen LogP contribution in [-0.4, -0.2) is 21.6 Å². The van der Waals surface area contributed by atoms with E-state index in [1.54, 1.807) is 11.8 Å². The second-order valence-corrected chi connectivity index (χ2v) is 5.42. The molecule has 0 unspecified atom stereocenters. The van der Waals surface area contributed by atoms with Crippen LogP contribution in [0.2, 0.25) is 0 Å². The van der Waals surface area contributed by atoms with Crippen LogP contribution in [0.1, 0.15) is 38.1 Å². The number of nitrogens with zero attached hydrogens (tertiary/aromatic N) is 2. The number of aromatic nitrogens is 1. The van der Waals surface area contributed by atoms with Crippen LogP contribution in [0, 0.1) is 6.92 Å². The van der Waals surface area contributed by atoms with E-state index in [0.717, 1.165) is 35.2 Å². The molecule has 94 valence electrons. The summed E-state index contributed by atoms with van der Waals surface area (Å²) < 4.78 is 5.13. The molecule has 17 heavy (non-hydrogen) atoms. The normalized spacial score (nSPS) is 20.8. The average molecular weight is 253 g/mol. The lowest BCUT2D eigenvalue weighted by atomic mass is 9.96. The fourth-order valence-corrected chi connectivity index (χ4v) is 3.20. The molecule has 1 fully saturated rings. The van der Waals surface area contributed by atoms with Gasteiger partial charge in [-0.15, -0.1) is 0 Å². The summed E-state index contributed by atoms with van der Waals surface area (Å²) in [5.41, 5.74) is 1.14. The molecule has 2 heterocycles. The Bertz CT molecular complexity index is 410. The maximum absolute atomic E-state index is 5.13. The minimum Gasteiger partial charge on any atom is -0.359 e. The van der Waals surface area contributed by atoms with Gasteiger partial charge in [0.05, 0.1) is 5.69 Å². The number of nitrogens with one attached hydrogen (secondary N) is 1. The first kappa shape index (κ1) is 12.5. The van der Waals surface area contributed by atoms with Crippen molar-refractivity contribution in [3.63, 3.8) is 0 Å². The Hall–Kier alpha value is -0.970. The predicted molar refractivity (Wildman–Crippen MR) is 71.3 cm³/mol. The van der Waals surface area contributed by atoms with Crippen LogP contribution in [0.4, 0.5) is 0 Å². The zero-order valence-corrected chi connectivity index (χ0v) is 11.4. The molecule has 0 atom stereocenters. The third-order valence-corrected chi connectivity index (χ3v) is 4.47. The molecule has 1 N–H and O–H groups in total. The quantitative estimate of drug-likeness (QED) is 0.896. The maximum atomic E-state index is 5.13. The number of amidine groups is 1. The predicted octanol–water partition coefficient (Wildman–Crippen LogP) is 2.73. The summed E-state index contributed by atoms with van der Waals surface area (Å²) in [6, 6.07) is 1.93. The molecule has 0 amide bonds. The van der Waals surface area contributed by atoms with Crippen molar-refractivity contribution in [3.05, 3.63) is 17.5 Å². The lowest BCUT2D eigenvalue weighted by molar-refractivity contribution is 0.380. The first-order chi connectivity index (χ1) is 8.17. The fourth-order valence-electron chi connectivity index (χ4n) is 1.86. The monoisotopic (exact) mass is 253 g/mol. The topological polar surface area (TPSA) is 50.4 Å². The number of aliphatic imine (C=N–C) groups is 1. The number of hydrogen-bond acceptors (Lipinski definition) is 4. The Morgan fingerprint density at radius 2 is 2.29 bits per heavy atom. The number of aryl methyl sites for hydroxylation is 1. The van der Waals surface area contributed by atoms with Crippen molar-refractivity contribution in [3.8, 4) is 0 Å². The summed E-state index contributed by atoms with van der Waals surface area (Å²) in [5.74, 6) is 1.93. The van der Waals surface area contributed by atoms with Crippen molar-refractivity contribution in [2.75, 3.05) is 5.75 Å². The summed E-state index contributed by atoms with van der Waals surface area (Å²) >= 11 is 1.80. The smallest absolute Gasteiger partial charge is 0.158 e. The van der Waals surface area contributed by atoms with Gasteiger partial charge in [0.15, 0.2) is 10.9 Å². The molecule has 5 heteroatoms. The van der Waals surface area contributed by atoms with E-state index in [0.29, 0.717) is 6.54 Å². The summed E-state index contributed by atoms with van der Waals surface area (Å²) in [6.45, 7) is 6.93. The van der Waals surface area contributed by atoms with Crippen LogP contribution in [-0.2, 0) is 6.54 Å². The van der Waals surface area contributed by atoms with Crippen LogP contribution in [0.3, 0.4) is 0 Å². The van der Waals surface area contributed by atoms with Crippen LogP contribution in [0.15, 0.2) is 15.6 Å². The molecule has 1 aliphatic rings. The Morgan fingerprint density at radius 1 is 1.53 bits per heavy atom. The van der Waals surface area contributed by atoms with E-state index in [1.807, 2.05) is 13.0 Å². The van der Waals surface area contributed by atoms with Gasteiger partial charge in [-0.1, -0.05) is 30.8 Å². The largest absolute Gasteiger partial charge is 0.359 e. The van der Waals surface area contributed by atoms with Crippen LogP contribution in [0.25, 0.3) is 0 Å². The molecule has 0 spiro atoms. The zero-order valence-electron chi connectivity index (χ0n) is 10.6. The van der Waals surface area contributed by atoms with Crippen LogP contribution >= 0.6 is 11.8 Å². The van der Waals surface area contributed by atoms with Gasteiger partial charge in [-0.05, 0) is 19.8 Å². The van der Waals surface area contributed by atoms with Gasteiger partial charge in [-0.25, -0.2) is 0 Å². The molecule has 4 nitrogen and oxygen atoms in total. The maximum Gasteiger partial charge on any atom is 0.158 e. The number of thioether (sulfide) groups is 1. The van der Waals surface area contributed by atoms with E-state index in [1.165, 1.54) is 0 Å². The molecule has 1 aromatic heterocycles. The van der Waals surface area contributed by atoms with Crippen molar-refractivity contribution < 1.29 is 4.52 Å². The van der Waals surface area contributed by atoms with Crippen molar-refractivity contribution in [2.45, 2.75) is 45.7 Å². The van der Waals surface area contributed by atoms with Gasteiger partial charge in [0.1, 0.15) is 6.54 Å². The Morgan fingerprint density at radius 3 is 2.82 bits per heavy atom. The van der Waals surface area contributed by atoms with Crippen molar-refractivity contribution >= 4 is 16.9 Å². The molecule has 0 bridgehead atoms. The lowest BCUT2D eigenvalue weighted by Gasteiger charge is -2.25. The molecule has 2 rings (SSSR count). The molecule has 0 saturated carbocycles. The lowest BCUT2D eigenvalue weighted by Crippen LogP contribution is -2.42. The van der Waals surface area contributed by atoms with E-state index in [-0.39, 0.29) is 5.54 Å². The third kappa shape index (κ3) is 2.83. The highest BCUT2D eigenvalue weighted by molar-refractivity contribution is 8.14. The SMILES string of the molecule is CCC1(CC)CSC(=NCc2cc(C)no2)N1. The van der Waals surface area contributed by atoms with Gasteiger partial charge in [-0.3, -0.25) is 4.99 Å². The molecule has 1 saturated heterocycles. The second-order valence-electron chi connectivity index (χ2n) is 4.46. The van der Waals surface area contributed by atoms with E-state index >= 15 is 0 Å². The van der Waals surface area contributed by atoms with Gasteiger partial charge in [-0.2, -0.15) is 0 Å². The van der Waals surface area contributed by atoms with E-state index in [9.17, 15) is 0 Å². The molecule has 0 radical (unpaired) electrons. The van der Waals surface area contributed by atoms with Crippen LogP contribution < -0.4 is 5.32 Å². The average Bonchev–Trinajstić information content (AvgIpc) is 2.93. The highest BCUT2D eigenvalue weighted by Crippen LogP contribution is 2.29. The van der Waals surface area contributed by atoms with Gasteiger partial charge >= 0.3 is 0 Å². The highest BCUT2D eigenvalue weighted by atomic mass is 32.2. The molecular formula is C12H19N3OS.